The zero-order chi connectivity index (χ0) is 8.85. The fraction of sp³-hybridized carbons (Fsp3) is 0.429. The van der Waals surface area contributed by atoms with Gasteiger partial charge in [-0.15, -0.1) is 0 Å². The quantitative estimate of drug-likeness (QED) is 0.524. The van der Waals surface area contributed by atoms with E-state index in [-0.39, 0.29) is 5.97 Å². The minimum atomic E-state index is -0.833. The highest BCUT2D eigenvalue weighted by Crippen LogP contribution is 2.02. The number of carbonyl (C=O) groups is 2. The molecule has 1 heterocycles. The van der Waals surface area contributed by atoms with Crippen LogP contribution in [0.2, 0.25) is 0 Å². The Morgan fingerprint density at radius 1 is 1.73 bits per heavy atom. The van der Waals surface area contributed by atoms with Gasteiger partial charge in [0.1, 0.15) is 6.61 Å². The highest BCUT2D eigenvalue weighted by Gasteiger charge is 2.06. The summed E-state index contributed by atoms with van der Waals surface area (Å²) in [6, 6.07) is 0. The van der Waals surface area contributed by atoms with E-state index in [2.05, 4.69) is 4.74 Å². The number of aliphatic carboxylic acids is 1. The Kier molecular flexibility index (Phi) is 3.95. The molecule has 0 aromatic heterocycles. The Bertz CT molecular complexity index is 189. The van der Waals surface area contributed by atoms with E-state index in [1.165, 1.54) is 6.08 Å². The molecule has 0 saturated heterocycles. The van der Waals surface area contributed by atoms with Crippen molar-refractivity contribution in [1.82, 2.24) is 0 Å². The van der Waals surface area contributed by atoms with Gasteiger partial charge in [0.25, 0.3) is 5.97 Å². The summed E-state index contributed by atoms with van der Waals surface area (Å²) in [5, 5.41) is 7.42. The standard InChI is InChI=1S/C5H6O2.C2H4O2/c1-4-2-5(6)7-3-4;1-2(3)4/h2H,3H2,1H3;1H3,(H,3,4). The van der Waals surface area contributed by atoms with Gasteiger partial charge in [-0.25, -0.2) is 4.79 Å². The normalized spacial score (nSPS) is 14.4. The zero-order valence-electron chi connectivity index (χ0n) is 6.46. The second-order valence-electron chi connectivity index (χ2n) is 2.12. The number of carboxylic acids is 1. The molecule has 1 rings (SSSR count). The van der Waals surface area contributed by atoms with Gasteiger partial charge in [-0.05, 0) is 12.5 Å². The van der Waals surface area contributed by atoms with Crippen molar-refractivity contribution in [3.63, 3.8) is 0 Å². The van der Waals surface area contributed by atoms with Crippen LogP contribution in [0.1, 0.15) is 13.8 Å². The van der Waals surface area contributed by atoms with Gasteiger partial charge in [0.05, 0.1) is 0 Å². The molecule has 0 saturated carbocycles. The predicted octanol–water partition coefficient (Wildman–Crippen LogP) is 0.580. The average molecular weight is 158 g/mol. The average Bonchev–Trinajstić information content (AvgIpc) is 2.13. The molecule has 0 spiro atoms. The van der Waals surface area contributed by atoms with E-state index in [1.54, 1.807) is 0 Å². The van der Waals surface area contributed by atoms with Gasteiger partial charge in [0, 0.05) is 13.0 Å². The maximum Gasteiger partial charge on any atom is 0.331 e. The maximum atomic E-state index is 10.2. The molecular weight excluding hydrogens is 148 g/mol. The summed E-state index contributed by atoms with van der Waals surface area (Å²) in [4.78, 5) is 19.2. The van der Waals surface area contributed by atoms with Crippen molar-refractivity contribution >= 4 is 11.9 Å². The summed E-state index contributed by atoms with van der Waals surface area (Å²) in [7, 11) is 0. The SMILES string of the molecule is CC(=O)O.CC1=CC(=O)OC1. The number of carbonyl (C=O) groups excluding carboxylic acids is 1. The Morgan fingerprint density at radius 3 is 2.27 bits per heavy atom. The Labute approximate surface area is 64.5 Å². The molecule has 0 fully saturated rings. The first-order valence-corrected chi connectivity index (χ1v) is 3.06. The van der Waals surface area contributed by atoms with Crippen molar-refractivity contribution in [1.29, 1.82) is 0 Å². The van der Waals surface area contributed by atoms with Gasteiger partial charge in [0.15, 0.2) is 0 Å². The summed E-state index contributed by atoms with van der Waals surface area (Å²) in [5.74, 6) is -1.04. The van der Waals surface area contributed by atoms with Crippen molar-refractivity contribution in [3.05, 3.63) is 11.6 Å². The summed E-state index contributed by atoms with van der Waals surface area (Å²) >= 11 is 0. The number of rotatable bonds is 0. The molecule has 0 radical (unpaired) electrons. The van der Waals surface area contributed by atoms with Crippen molar-refractivity contribution in [2.45, 2.75) is 13.8 Å². The molecule has 0 unspecified atom stereocenters. The zero-order valence-corrected chi connectivity index (χ0v) is 6.46. The molecule has 1 aliphatic heterocycles. The van der Waals surface area contributed by atoms with Crippen LogP contribution in [0.4, 0.5) is 0 Å². The van der Waals surface area contributed by atoms with Crippen LogP contribution in [0.5, 0.6) is 0 Å². The summed E-state index contributed by atoms with van der Waals surface area (Å²) in [5.41, 5.74) is 1.00. The van der Waals surface area contributed by atoms with Crippen LogP contribution in [-0.2, 0) is 14.3 Å². The summed E-state index contributed by atoms with van der Waals surface area (Å²) in [6.45, 7) is 3.43. The van der Waals surface area contributed by atoms with E-state index >= 15 is 0 Å². The summed E-state index contributed by atoms with van der Waals surface area (Å²) in [6.07, 6.45) is 1.50. The number of esters is 1. The van der Waals surface area contributed by atoms with E-state index in [4.69, 9.17) is 9.90 Å². The number of ether oxygens (including phenoxy) is 1. The fourth-order valence-electron chi connectivity index (χ4n) is 0.469. The third-order valence-corrected chi connectivity index (χ3v) is 0.806. The van der Waals surface area contributed by atoms with Crippen LogP contribution in [0.3, 0.4) is 0 Å². The number of hydrogen-bond acceptors (Lipinski definition) is 3. The van der Waals surface area contributed by atoms with Gasteiger partial charge >= 0.3 is 5.97 Å². The molecule has 0 aliphatic carbocycles. The number of carboxylic acid groups (broad SMARTS) is 1. The second-order valence-corrected chi connectivity index (χ2v) is 2.12. The summed E-state index contributed by atoms with van der Waals surface area (Å²) < 4.78 is 4.53. The first kappa shape index (κ1) is 9.68. The Hall–Kier alpha value is -1.32. The highest BCUT2D eigenvalue weighted by atomic mass is 16.5. The van der Waals surface area contributed by atoms with Crippen LogP contribution in [-0.4, -0.2) is 23.7 Å². The molecule has 4 heteroatoms. The van der Waals surface area contributed by atoms with Gasteiger partial charge in [-0.2, -0.15) is 0 Å². The lowest BCUT2D eigenvalue weighted by Crippen LogP contribution is -1.90. The smallest absolute Gasteiger partial charge is 0.331 e. The molecule has 0 aromatic carbocycles. The lowest BCUT2D eigenvalue weighted by Gasteiger charge is -1.85. The lowest BCUT2D eigenvalue weighted by atomic mass is 10.3. The van der Waals surface area contributed by atoms with Crippen molar-refractivity contribution < 1.29 is 19.4 Å². The van der Waals surface area contributed by atoms with Crippen LogP contribution in [0, 0.1) is 0 Å². The van der Waals surface area contributed by atoms with Crippen molar-refractivity contribution in [2.24, 2.45) is 0 Å². The minimum Gasteiger partial charge on any atom is -0.481 e. The Balaban J connectivity index is 0.000000218. The van der Waals surface area contributed by atoms with Gasteiger partial charge in [0.2, 0.25) is 0 Å². The third-order valence-electron chi connectivity index (χ3n) is 0.806. The topological polar surface area (TPSA) is 63.6 Å². The molecule has 11 heavy (non-hydrogen) atoms. The van der Waals surface area contributed by atoms with E-state index in [9.17, 15) is 4.79 Å². The highest BCUT2D eigenvalue weighted by molar-refractivity contribution is 5.84. The van der Waals surface area contributed by atoms with Gasteiger partial charge in [-0.3, -0.25) is 4.79 Å². The van der Waals surface area contributed by atoms with Crippen LogP contribution in [0.15, 0.2) is 11.6 Å². The molecular formula is C7H10O4. The second kappa shape index (κ2) is 4.49. The molecule has 62 valence electrons. The minimum absolute atomic E-state index is 0.211. The van der Waals surface area contributed by atoms with Crippen molar-refractivity contribution in [3.8, 4) is 0 Å². The van der Waals surface area contributed by atoms with Crippen molar-refractivity contribution in [2.75, 3.05) is 6.61 Å². The Morgan fingerprint density at radius 2 is 2.18 bits per heavy atom. The van der Waals surface area contributed by atoms with E-state index < -0.39 is 5.97 Å². The van der Waals surface area contributed by atoms with E-state index in [0.717, 1.165) is 12.5 Å². The number of cyclic esters (lactones) is 1. The first-order chi connectivity index (χ1) is 5.02. The van der Waals surface area contributed by atoms with Crippen LogP contribution >= 0.6 is 0 Å². The molecule has 0 bridgehead atoms. The number of hydrogen-bond donors (Lipinski definition) is 1. The third kappa shape index (κ3) is 6.57. The van der Waals surface area contributed by atoms with Gasteiger partial charge in [-0.1, -0.05) is 0 Å². The van der Waals surface area contributed by atoms with E-state index in [1.807, 2.05) is 6.92 Å². The fourth-order valence-corrected chi connectivity index (χ4v) is 0.469. The molecule has 0 aromatic rings. The van der Waals surface area contributed by atoms with Crippen LogP contribution in [0.25, 0.3) is 0 Å². The molecule has 0 atom stereocenters. The first-order valence-electron chi connectivity index (χ1n) is 3.06. The van der Waals surface area contributed by atoms with Crippen LogP contribution < -0.4 is 0 Å². The largest absolute Gasteiger partial charge is 0.481 e. The molecule has 0 amide bonds. The van der Waals surface area contributed by atoms with Gasteiger partial charge < -0.3 is 9.84 Å². The van der Waals surface area contributed by atoms with E-state index in [0.29, 0.717) is 6.61 Å². The lowest BCUT2D eigenvalue weighted by molar-refractivity contribution is -0.135. The maximum absolute atomic E-state index is 10.2. The molecule has 1 N–H and O–H groups in total. The molecule has 1 aliphatic rings. The predicted molar refractivity (Wildman–Crippen MR) is 38.0 cm³/mol. The molecule has 4 nitrogen and oxygen atoms in total. The monoisotopic (exact) mass is 158 g/mol.